The normalized spacial score (nSPS) is 18.7. The minimum Gasteiger partial charge on any atom is -0.378 e. The largest absolute Gasteiger partial charge is 0.378 e. The Kier molecular flexibility index (Phi) is 10.9. The second-order valence-electron chi connectivity index (χ2n) is 6.67. The van der Waals surface area contributed by atoms with Crippen molar-refractivity contribution in [3.05, 3.63) is 11.6 Å². The molecule has 7 nitrogen and oxygen atoms in total. The lowest BCUT2D eigenvalue weighted by Crippen LogP contribution is -2.50. The van der Waals surface area contributed by atoms with Gasteiger partial charge in [0.05, 0.1) is 13.2 Å². The Labute approximate surface area is 192 Å². The molecule has 0 spiro atoms. The molecule has 1 N–H and O–H groups in total. The molecule has 3 heterocycles. The van der Waals surface area contributed by atoms with Crippen LogP contribution >= 0.6 is 47.1 Å². The van der Waals surface area contributed by atoms with E-state index in [1.807, 2.05) is 23.5 Å². The molecule has 0 aliphatic carbocycles. The predicted octanol–water partition coefficient (Wildman–Crippen LogP) is 2.39. The maximum absolute atomic E-state index is 12.6. The first kappa shape index (κ1) is 23.7. The van der Waals surface area contributed by atoms with Gasteiger partial charge in [0.2, 0.25) is 5.91 Å². The molecule has 1 aromatic heterocycles. The van der Waals surface area contributed by atoms with Crippen molar-refractivity contribution in [1.29, 1.82) is 0 Å². The Hall–Kier alpha value is -0.590. The highest BCUT2D eigenvalue weighted by atomic mass is 127. The van der Waals surface area contributed by atoms with Gasteiger partial charge in [-0.2, -0.15) is 0 Å². The van der Waals surface area contributed by atoms with Crippen molar-refractivity contribution in [1.82, 2.24) is 20.1 Å². The molecule has 1 aromatic rings. The van der Waals surface area contributed by atoms with Crippen LogP contribution in [0, 0.1) is 5.92 Å². The molecule has 0 radical (unpaired) electrons. The molecule has 2 aliphatic heterocycles. The number of thiazole rings is 1. The highest BCUT2D eigenvalue weighted by Gasteiger charge is 2.30. The van der Waals surface area contributed by atoms with Crippen LogP contribution in [0.1, 0.15) is 19.3 Å². The summed E-state index contributed by atoms with van der Waals surface area (Å²) in [6.07, 6.45) is 4.71. The van der Waals surface area contributed by atoms with Gasteiger partial charge >= 0.3 is 0 Å². The van der Waals surface area contributed by atoms with Gasteiger partial charge in [0.25, 0.3) is 0 Å². The number of aromatic nitrogens is 1. The molecule has 0 bridgehead atoms. The topological polar surface area (TPSA) is 70.1 Å². The molecule has 0 unspecified atom stereocenters. The standard InChI is InChI=1S/C18H29N5O2S2.HI/c1-19-17(20-5-2-13-26-18-21-6-14-27-18)23-7-3-15(4-8-23)16(24)22-9-11-25-12-10-22;/h6,14-15H,2-5,7-13H2,1H3,(H,19,20);1H. The Morgan fingerprint density at radius 1 is 1.32 bits per heavy atom. The van der Waals surface area contributed by atoms with Gasteiger partial charge in [-0.1, -0.05) is 11.8 Å². The highest BCUT2D eigenvalue weighted by Crippen LogP contribution is 2.21. The minimum atomic E-state index is 0. The van der Waals surface area contributed by atoms with E-state index in [-0.39, 0.29) is 29.9 Å². The Balaban J connectivity index is 0.00000280. The van der Waals surface area contributed by atoms with Crippen LogP contribution in [0.5, 0.6) is 0 Å². The van der Waals surface area contributed by atoms with E-state index in [9.17, 15) is 4.79 Å². The summed E-state index contributed by atoms with van der Waals surface area (Å²) >= 11 is 3.49. The smallest absolute Gasteiger partial charge is 0.225 e. The number of likely N-dealkylation sites (tertiary alicyclic amines) is 1. The van der Waals surface area contributed by atoms with Gasteiger partial charge in [0.15, 0.2) is 5.96 Å². The number of ether oxygens (including phenoxy) is 1. The van der Waals surface area contributed by atoms with Crippen LogP contribution in [-0.4, -0.2) is 85.4 Å². The summed E-state index contributed by atoms with van der Waals surface area (Å²) in [5.41, 5.74) is 0. The number of thioether (sulfide) groups is 1. The summed E-state index contributed by atoms with van der Waals surface area (Å²) in [5, 5.41) is 5.47. The van der Waals surface area contributed by atoms with E-state index in [0.29, 0.717) is 19.1 Å². The number of aliphatic imine (C=N–C) groups is 1. The fourth-order valence-electron chi connectivity index (χ4n) is 3.43. The molecule has 28 heavy (non-hydrogen) atoms. The monoisotopic (exact) mass is 539 g/mol. The molecule has 10 heteroatoms. The van der Waals surface area contributed by atoms with Crippen molar-refractivity contribution in [2.24, 2.45) is 10.9 Å². The van der Waals surface area contributed by atoms with Crippen LogP contribution in [0.3, 0.4) is 0 Å². The maximum Gasteiger partial charge on any atom is 0.225 e. The first-order chi connectivity index (χ1) is 13.3. The molecular formula is C18H30IN5O2S2. The maximum atomic E-state index is 12.6. The Morgan fingerprint density at radius 2 is 2.07 bits per heavy atom. The molecule has 2 aliphatic rings. The number of hydrogen-bond acceptors (Lipinski definition) is 6. The van der Waals surface area contributed by atoms with E-state index >= 15 is 0 Å². The molecule has 2 fully saturated rings. The average molecular weight is 540 g/mol. The third-order valence-corrected chi connectivity index (χ3v) is 6.97. The summed E-state index contributed by atoms with van der Waals surface area (Å²) in [5.74, 6) is 2.45. The summed E-state index contributed by atoms with van der Waals surface area (Å²) in [6, 6.07) is 0. The summed E-state index contributed by atoms with van der Waals surface area (Å²) < 4.78 is 6.48. The third kappa shape index (κ3) is 7.03. The van der Waals surface area contributed by atoms with E-state index < -0.39 is 0 Å². The number of piperidine rings is 1. The fraction of sp³-hybridized carbons (Fsp3) is 0.722. The van der Waals surface area contributed by atoms with Crippen LogP contribution in [0.25, 0.3) is 0 Å². The van der Waals surface area contributed by atoms with Crippen LogP contribution in [0.2, 0.25) is 0 Å². The SMILES string of the molecule is CN=C(NCCCSc1nccs1)N1CCC(C(=O)N2CCOCC2)CC1.I. The van der Waals surface area contributed by atoms with Gasteiger partial charge in [-0.15, -0.1) is 35.3 Å². The summed E-state index contributed by atoms with van der Waals surface area (Å²) in [7, 11) is 1.83. The van der Waals surface area contributed by atoms with Crippen LogP contribution in [-0.2, 0) is 9.53 Å². The molecule has 158 valence electrons. The second kappa shape index (κ2) is 12.9. The molecular weight excluding hydrogens is 509 g/mol. The zero-order chi connectivity index (χ0) is 18.9. The number of carbonyl (C=O) groups excluding carboxylic acids is 1. The number of guanidine groups is 1. The predicted molar refractivity (Wildman–Crippen MR) is 126 cm³/mol. The number of carbonyl (C=O) groups is 1. The average Bonchev–Trinajstić information content (AvgIpc) is 3.24. The zero-order valence-electron chi connectivity index (χ0n) is 16.3. The van der Waals surface area contributed by atoms with Crippen molar-refractivity contribution in [2.45, 2.75) is 23.6 Å². The van der Waals surface area contributed by atoms with Crippen LogP contribution in [0.15, 0.2) is 20.9 Å². The third-order valence-electron chi connectivity index (χ3n) is 4.92. The molecule has 3 rings (SSSR count). The van der Waals surface area contributed by atoms with E-state index in [2.05, 4.69) is 20.2 Å². The fourth-order valence-corrected chi connectivity index (χ4v) is 5.07. The number of rotatable bonds is 6. The van der Waals surface area contributed by atoms with Gasteiger partial charge in [-0.25, -0.2) is 4.98 Å². The Morgan fingerprint density at radius 3 is 2.71 bits per heavy atom. The first-order valence-electron chi connectivity index (χ1n) is 9.62. The van der Waals surface area contributed by atoms with Gasteiger partial charge in [-0.3, -0.25) is 9.79 Å². The lowest BCUT2D eigenvalue weighted by molar-refractivity contribution is -0.140. The lowest BCUT2D eigenvalue weighted by atomic mass is 9.95. The van der Waals surface area contributed by atoms with Gasteiger partial charge in [-0.05, 0) is 19.3 Å². The molecule has 1 amide bonds. The van der Waals surface area contributed by atoms with E-state index in [1.165, 1.54) is 0 Å². The Bertz CT molecular complexity index is 603. The number of nitrogens with one attached hydrogen (secondary N) is 1. The minimum absolute atomic E-state index is 0. The van der Waals surface area contributed by atoms with Crippen molar-refractivity contribution in [3.63, 3.8) is 0 Å². The van der Waals surface area contributed by atoms with Gasteiger partial charge in [0, 0.05) is 63.0 Å². The molecule has 0 atom stereocenters. The lowest BCUT2D eigenvalue weighted by Gasteiger charge is -2.36. The van der Waals surface area contributed by atoms with Gasteiger partial charge in [0.1, 0.15) is 4.34 Å². The van der Waals surface area contributed by atoms with E-state index in [4.69, 9.17) is 4.74 Å². The van der Waals surface area contributed by atoms with Crippen molar-refractivity contribution in [3.8, 4) is 0 Å². The number of nitrogens with zero attached hydrogens (tertiary/aromatic N) is 4. The summed E-state index contributed by atoms with van der Waals surface area (Å²) in [6.45, 7) is 5.48. The van der Waals surface area contributed by atoms with Crippen molar-refractivity contribution >= 4 is 58.9 Å². The first-order valence-corrected chi connectivity index (χ1v) is 11.5. The molecule has 0 saturated carbocycles. The molecule has 0 aromatic carbocycles. The van der Waals surface area contributed by atoms with Crippen LogP contribution < -0.4 is 5.32 Å². The summed E-state index contributed by atoms with van der Waals surface area (Å²) in [4.78, 5) is 25.6. The van der Waals surface area contributed by atoms with Crippen LogP contribution in [0.4, 0.5) is 0 Å². The van der Waals surface area contributed by atoms with E-state index in [1.54, 1.807) is 23.1 Å². The number of halogens is 1. The second-order valence-corrected chi connectivity index (χ2v) is 8.91. The number of hydrogen-bond donors (Lipinski definition) is 1. The van der Waals surface area contributed by atoms with Crippen molar-refractivity contribution < 1.29 is 9.53 Å². The zero-order valence-corrected chi connectivity index (χ0v) is 20.3. The van der Waals surface area contributed by atoms with Crippen molar-refractivity contribution in [2.75, 3.05) is 58.7 Å². The highest BCUT2D eigenvalue weighted by molar-refractivity contribution is 14.0. The quantitative estimate of drug-likeness (QED) is 0.197. The van der Waals surface area contributed by atoms with E-state index in [0.717, 1.165) is 68.0 Å². The van der Waals surface area contributed by atoms with Gasteiger partial charge < -0.3 is 19.9 Å². The number of morpholine rings is 1. The number of amides is 1. The molecule has 2 saturated heterocycles.